The molecular weight excluding hydrogens is 503 g/mol. The second-order valence-electron chi connectivity index (χ2n) is 8.06. The molecule has 31 heavy (non-hydrogen) atoms. The number of carbonyl (C=O) groups is 1. The highest BCUT2D eigenvalue weighted by atomic mass is 127. The van der Waals surface area contributed by atoms with Gasteiger partial charge in [-0.3, -0.25) is 9.80 Å². The van der Waals surface area contributed by atoms with Gasteiger partial charge in [0.2, 0.25) is 0 Å². The zero-order valence-corrected chi connectivity index (χ0v) is 19.2. The highest BCUT2D eigenvalue weighted by molar-refractivity contribution is 14.1. The van der Waals surface area contributed by atoms with E-state index in [1.165, 1.54) is 12.8 Å². The van der Waals surface area contributed by atoms with Gasteiger partial charge in [0.1, 0.15) is 5.70 Å². The second kappa shape index (κ2) is 9.81. The summed E-state index contributed by atoms with van der Waals surface area (Å²) in [6.45, 7) is 0. The number of carbonyl (C=O) groups excluding carboxylic acids is 1. The number of nitriles is 1. The normalized spacial score (nSPS) is 18.9. The van der Waals surface area contributed by atoms with Crippen molar-refractivity contribution < 1.29 is 9.90 Å². The van der Waals surface area contributed by atoms with Gasteiger partial charge in [-0.25, -0.2) is 5.43 Å². The van der Waals surface area contributed by atoms with Gasteiger partial charge in [0.15, 0.2) is 0 Å². The summed E-state index contributed by atoms with van der Waals surface area (Å²) in [5.41, 5.74) is 6.53. The van der Waals surface area contributed by atoms with Gasteiger partial charge in [-0.1, -0.05) is 53.6 Å². The topological polar surface area (TPSA) is 88.4 Å². The molecule has 2 atom stereocenters. The number of aliphatic hydroxyl groups excluding tert-OH is 1. The Morgan fingerprint density at radius 1 is 1.29 bits per heavy atom. The van der Waals surface area contributed by atoms with Crippen LogP contribution in [0.4, 0.5) is 11.4 Å². The number of hydrogen-bond acceptors (Lipinski definition) is 5. The van der Waals surface area contributed by atoms with Crippen LogP contribution in [0.5, 0.6) is 0 Å². The molecule has 0 saturated heterocycles. The van der Waals surface area contributed by atoms with E-state index in [0.29, 0.717) is 16.9 Å². The lowest BCUT2D eigenvalue weighted by Crippen LogP contribution is -2.40. The first-order chi connectivity index (χ1) is 15.1. The largest absolute Gasteiger partial charge is 0.388 e. The smallest absolute Gasteiger partial charge is 0.273 e. The van der Waals surface area contributed by atoms with Gasteiger partial charge in [-0.2, -0.15) is 5.26 Å². The molecular formula is C24H25IN4O2. The second-order valence-corrected chi connectivity index (χ2v) is 8.94. The molecule has 1 aliphatic heterocycles. The molecule has 0 aromatic heterocycles. The predicted octanol–water partition coefficient (Wildman–Crippen LogP) is 4.43. The van der Waals surface area contributed by atoms with E-state index in [4.69, 9.17) is 0 Å². The molecule has 0 radical (unpaired) electrons. The minimum absolute atomic E-state index is 0.0164. The van der Waals surface area contributed by atoms with Gasteiger partial charge in [-0.15, -0.1) is 0 Å². The molecule has 3 N–H and O–H groups in total. The van der Waals surface area contributed by atoms with E-state index in [1.807, 2.05) is 36.4 Å². The quantitative estimate of drug-likeness (QED) is 0.349. The standard InChI is InChI=1S/C24H25IN4O2/c25-14-20-13-22(29(28-20)21-6-1-3-17(11-21)15-26)24(31)27-19-5-2-4-18(12-19)23(30)10-9-16-7-8-16/h1-6,11-13,16,20,23,28,30H,7-10,14H2,(H,27,31). The van der Waals surface area contributed by atoms with Crippen LogP contribution in [0.25, 0.3) is 0 Å². The number of anilines is 2. The third-order valence-electron chi connectivity index (χ3n) is 5.60. The highest BCUT2D eigenvalue weighted by Gasteiger charge is 2.29. The summed E-state index contributed by atoms with van der Waals surface area (Å²) < 4.78 is 0.797. The van der Waals surface area contributed by atoms with Gasteiger partial charge in [0.25, 0.3) is 5.91 Å². The maximum atomic E-state index is 13.1. The fraction of sp³-hybridized carbons (Fsp3) is 0.333. The van der Waals surface area contributed by atoms with Crippen molar-refractivity contribution in [2.24, 2.45) is 5.92 Å². The molecule has 2 unspecified atom stereocenters. The molecule has 7 heteroatoms. The summed E-state index contributed by atoms with van der Waals surface area (Å²) in [6, 6.07) is 16.7. The number of amides is 1. The number of nitrogens with zero attached hydrogens (tertiary/aromatic N) is 2. The van der Waals surface area contributed by atoms with Crippen LogP contribution < -0.4 is 15.8 Å². The first-order valence-corrected chi connectivity index (χ1v) is 12.0. The zero-order chi connectivity index (χ0) is 21.8. The summed E-state index contributed by atoms with van der Waals surface area (Å²) in [5.74, 6) is 0.530. The minimum Gasteiger partial charge on any atom is -0.388 e. The van der Waals surface area contributed by atoms with Crippen LogP contribution in [0.1, 0.15) is 42.9 Å². The van der Waals surface area contributed by atoms with Gasteiger partial charge in [0.05, 0.1) is 29.5 Å². The number of nitrogens with one attached hydrogen (secondary N) is 2. The Morgan fingerprint density at radius 2 is 2.10 bits per heavy atom. The molecule has 4 rings (SSSR count). The van der Waals surface area contributed by atoms with Crippen molar-refractivity contribution in [1.29, 1.82) is 5.26 Å². The van der Waals surface area contributed by atoms with Crippen molar-refractivity contribution in [3.8, 4) is 6.07 Å². The fourth-order valence-corrected chi connectivity index (χ4v) is 4.16. The maximum absolute atomic E-state index is 13.1. The third-order valence-corrected chi connectivity index (χ3v) is 6.55. The molecule has 1 saturated carbocycles. The van der Waals surface area contributed by atoms with Crippen molar-refractivity contribution >= 4 is 39.9 Å². The zero-order valence-electron chi connectivity index (χ0n) is 17.1. The first kappa shape index (κ1) is 21.8. The average Bonchev–Trinajstić information content (AvgIpc) is 3.53. The Labute approximate surface area is 196 Å². The molecule has 1 amide bonds. The van der Waals surface area contributed by atoms with Crippen LogP contribution in [0, 0.1) is 17.2 Å². The summed E-state index contributed by atoms with van der Waals surface area (Å²) in [6.07, 6.45) is 5.73. The van der Waals surface area contributed by atoms with Gasteiger partial charge >= 0.3 is 0 Å². The van der Waals surface area contributed by atoms with Gasteiger partial charge in [0, 0.05) is 10.1 Å². The van der Waals surface area contributed by atoms with E-state index in [2.05, 4.69) is 39.4 Å². The predicted molar refractivity (Wildman–Crippen MR) is 130 cm³/mol. The average molecular weight is 528 g/mol. The minimum atomic E-state index is -0.515. The molecule has 160 valence electrons. The number of aliphatic hydroxyl groups is 1. The van der Waals surface area contributed by atoms with E-state index in [-0.39, 0.29) is 11.9 Å². The fourth-order valence-electron chi connectivity index (χ4n) is 3.71. The monoisotopic (exact) mass is 528 g/mol. The molecule has 2 aliphatic rings. The van der Waals surface area contributed by atoms with Crippen LogP contribution in [0.2, 0.25) is 0 Å². The summed E-state index contributed by atoms with van der Waals surface area (Å²) in [7, 11) is 0. The molecule has 6 nitrogen and oxygen atoms in total. The van der Waals surface area contributed by atoms with E-state index in [0.717, 1.165) is 34.4 Å². The first-order valence-electron chi connectivity index (χ1n) is 10.5. The molecule has 0 bridgehead atoms. The number of hydrazine groups is 1. The van der Waals surface area contributed by atoms with Crippen LogP contribution in [0.15, 0.2) is 60.3 Å². The molecule has 2 aromatic carbocycles. The third kappa shape index (κ3) is 5.45. The summed E-state index contributed by atoms with van der Waals surface area (Å²) in [4.78, 5) is 13.1. The Hall–Kier alpha value is -2.41. The SMILES string of the molecule is N#Cc1cccc(N2NC(CI)C=C2C(=O)Nc2cccc(C(O)CCC3CC3)c2)c1. The van der Waals surface area contributed by atoms with Crippen LogP contribution in [0.3, 0.4) is 0 Å². The van der Waals surface area contributed by atoms with Crippen molar-refractivity contribution in [1.82, 2.24) is 5.43 Å². The van der Waals surface area contributed by atoms with Crippen molar-refractivity contribution in [3.05, 3.63) is 71.4 Å². The number of benzene rings is 2. The lowest BCUT2D eigenvalue weighted by Gasteiger charge is -2.23. The molecule has 1 fully saturated rings. The molecule has 2 aromatic rings. The van der Waals surface area contributed by atoms with E-state index in [9.17, 15) is 15.2 Å². The van der Waals surface area contributed by atoms with E-state index < -0.39 is 6.10 Å². The Morgan fingerprint density at radius 3 is 2.84 bits per heavy atom. The summed E-state index contributed by atoms with van der Waals surface area (Å²) in [5, 5.41) is 24.4. The van der Waals surface area contributed by atoms with Gasteiger partial charge < -0.3 is 10.4 Å². The Bertz CT molecular complexity index is 1030. The summed E-state index contributed by atoms with van der Waals surface area (Å²) >= 11 is 2.27. The molecule has 1 aliphatic carbocycles. The van der Waals surface area contributed by atoms with Crippen LogP contribution >= 0.6 is 22.6 Å². The number of rotatable bonds is 8. The highest BCUT2D eigenvalue weighted by Crippen LogP contribution is 2.36. The van der Waals surface area contributed by atoms with Crippen molar-refractivity contribution in [2.45, 2.75) is 37.8 Å². The lowest BCUT2D eigenvalue weighted by molar-refractivity contribution is -0.112. The molecule has 0 spiro atoms. The van der Waals surface area contributed by atoms with Crippen molar-refractivity contribution in [2.75, 3.05) is 14.8 Å². The molecule has 1 heterocycles. The number of alkyl halides is 1. The van der Waals surface area contributed by atoms with E-state index in [1.54, 1.807) is 23.2 Å². The Kier molecular flexibility index (Phi) is 6.90. The van der Waals surface area contributed by atoms with Crippen molar-refractivity contribution in [3.63, 3.8) is 0 Å². The Balaban J connectivity index is 1.49. The maximum Gasteiger partial charge on any atom is 0.273 e. The van der Waals surface area contributed by atoms with Crippen LogP contribution in [-0.2, 0) is 4.79 Å². The lowest BCUT2D eigenvalue weighted by atomic mass is 10.0. The van der Waals surface area contributed by atoms with E-state index >= 15 is 0 Å². The van der Waals surface area contributed by atoms with Crippen LogP contribution in [-0.4, -0.2) is 21.5 Å². The van der Waals surface area contributed by atoms with Gasteiger partial charge in [-0.05, 0) is 60.7 Å². The number of hydrogen-bond donors (Lipinski definition) is 3. The number of halogens is 1.